The maximum absolute atomic E-state index is 12.4. The van der Waals surface area contributed by atoms with E-state index in [2.05, 4.69) is 10.6 Å². The Bertz CT molecular complexity index is 874. The van der Waals surface area contributed by atoms with Gasteiger partial charge in [0.2, 0.25) is 5.91 Å². The van der Waals surface area contributed by atoms with Crippen molar-refractivity contribution in [2.24, 2.45) is 0 Å². The number of anilines is 1. The first kappa shape index (κ1) is 18.7. The van der Waals surface area contributed by atoms with Crippen molar-refractivity contribution in [3.8, 4) is 5.75 Å². The number of amides is 2. The molecule has 140 valence electrons. The van der Waals surface area contributed by atoms with E-state index >= 15 is 0 Å². The van der Waals surface area contributed by atoms with Crippen LogP contribution in [-0.4, -0.2) is 44.0 Å². The molecule has 6 heteroatoms. The summed E-state index contributed by atoms with van der Waals surface area (Å²) in [7, 11) is 3.68. The number of benzene rings is 2. The van der Waals surface area contributed by atoms with Gasteiger partial charge >= 0.3 is 0 Å². The number of nitrogens with one attached hydrogen (secondary N) is 2. The zero-order chi connectivity index (χ0) is 19.2. The SMILES string of the molecule is CN(C)CC(=O)Nc1cccc(CNC(=O)C2=Cc3ccccc3OC2)c1. The van der Waals surface area contributed by atoms with Crippen LogP contribution in [0.25, 0.3) is 6.08 Å². The summed E-state index contributed by atoms with van der Waals surface area (Å²) in [5, 5.41) is 5.76. The smallest absolute Gasteiger partial charge is 0.250 e. The summed E-state index contributed by atoms with van der Waals surface area (Å²) in [5.74, 6) is 0.547. The van der Waals surface area contributed by atoms with E-state index in [1.807, 2.05) is 68.7 Å². The molecule has 0 aliphatic carbocycles. The molecular weight excluding hydrogens is 342 g/mol. The van der Waals surface area contributed by atoms with Crippen LogP contribution in [-0.2, 0) is 16.1 Å². The molecule has 2 N–H and O–H groups in total. The zero-order valence-corrected chi connectivity index (χ0v) is 15.5. The van der Waals surface area contributed by atoms with Crippen LogP contribution in [0, 0.1) is 0 Å². The summed E-state index contributed by atoms with van der Waals surface area (Å²) in [5.41, 5.74) is 3.11. The van der Waals surface area contributed by atoms with Gasteiger partial charge in [0.15, 0.2) is 0 Å². The van der Waals surface area contributed by atoms with Crippen molar-refractivity contribution in [1.82, 2.24) is 10.2 Å². The number of rotatable bonds is 6. The topological polar surface area (TPSA) is 70.7 Å². The van der Waals surface area contributed by atoms with Crippen molar-refractivity contribution in [2.75, 3.05) is 32.6 Å². The van der Waals surface area contributed by atoms with Crippen LogP contribution in [0.4, 0.5) is 5.69 Å². The van der Waals surface area contributed by atoms with Gasteiger partial charge in [0.25, 0.3) is 5.91 Å². The molecule has 0 unspecified atom stereocenters. The van der Waals surface area contributed by atoms with Crippen LogP contribution in [0.1, 0.15) is 11.1 Å². The lowest BCUT2D eigenvalue weighted by atomic mass is 10.1. The van der Waals surface area contributed by atoms with Gasteiger partial charge in [-0.05, 0) is 43.9 Å². The number of likely N-dealkylation sites (N-methyl/N-ethyl adjacent to an activating group) is 1. The molecule has 2 aromatic rings. The van der Waals surface area contributed by atoms with Crippen LogP contribution in [0.15, 0.2) is 54.1 Å². The van der Waals surface area contributed by atoms with Gasteiger partial charge in [-0.2, -0.15) is 0 Å². The van der Waals surface area contributed by atoms with E-state index in [1.165, 1.54) is 0 Å². The minimum atomic E-state index is -0.161. The summed E-state index contributed by atoms with van der Waals surface area (Å²) in [6.07, 6.45) is 1.85. The van der Waals surface area contributed by atoms with Gasteiger partial charge < -0.3 is 20.3 Å². The molecule has 0 radical (unpaired) electrons. The number of carbonyl (C=O) groups is 2. The number of para-hydroxylation sites is 1. The molecule has 2 amide bonds. The van der Waals surface area contributed by atoms with Gasteiger partial charge in [-0.1, -0.05) is 30.3 Å². The molecular formula is C21H23N3O3. The average molecular weight is 365 g/mol. The van der Waals surface area contributed by atoms with Crippen molar-refractivity contribution < 1.29 is 14.3 Å². The van der Waals surface area contributed by atoms with Crippen LogP contribution in [0.3, 0.4) is 0 Å². The Labute approximate surface area is 158 Å². The Morgan fingerprint density at radius 1 is 1.11 bits per heavy atom. The molecule has 0 fully saturated rings. The quantitative estimate of drug-likeness (QED) is 0.824. The second kappa shape index (κ2) is 8.51. The highest BCUT2D eigenvalue weighted by molar-refractivity contribution is 5.99. The molecule has 0 atom stereocenters. The fraction of sp³-hybridized carbons (Fsp3) is 0.238. The zero-order valence-electron chi connectivity index (χ0n) is 15.5. The predicted octanol–water partition coefficient (Wildman–Crippen LogP) is 2.28. The van der Waals surface area contributed by atoms with E-state index in [-0.39, 0.29) is 18.4 Å². The fourth-order valence-corrected chi connectivity index (χ4v) is 2.79. The third-order valence-corrected chi connectivity index (χ3v) is 4.05. The fourth-order valence-electron chi connectivity index (χ4n) is 2.79. The number of fused-ring (bicyclic) bond motifs is 1. The molecule has 0 saturated heterocycles. The Kier molecular flexibility index (Phi) is 5.88. The monoisotopic (exact) mass is 365 g/mol. The van der Waals surface area contributed by atoms with E-state index in [4.69, 9.17) is 4.74 Å². The summed E-state index contributed by atoms with van der Waals surface area (Å²) in [4.78, 5) is 26.1. The number of hydrogen-bond donors (Lipinski definition) is 2. The van der Waals surface area contributed by atoms with Crippen molar-refractivity contribution >= 4 is 23.6 Å². The van der Waals surface area contributed by atoms with Gasteiger partial charge in [-0.25, -0.2) is 0 Å². The van der Waals surface area contributed by atoms with Crippen LogP contribution in [0.5, 0.6) is 5.75 Å². The minimum absolute atomic E-state index is 0.0793. The normalized spacial score (nSPS) is 12.6. The van der Waals surface area contributed by atoms with E-state index in [0.717, 1.165) is 16.9 Å². The highest BCUT2D eigenvalue weighted by Gasteiger charge is 2.16. The molecule has 1 aliphatic heterocycles. The minimum Gasteiger partial charge on any atom is -0.488 e. The molecule has 0 saturated carbocycles. The second-order valence-electron chi connectivity index (χ2n) is 6.67. The Balaban J connectivity index is 1.59. The molecule has 2 aromatic carbocycles. The first-order chi connectivity index (χ1) is 13.0. The first-order valence-electron chi connectivity index (χ1n) is 8.75. The standard InChI is InChI=1S/C21H23N3O3/c1-24(2)13-20(25)23-18-8-5-6-15(10-18)12-22-21(26)17-11-16-7-3-4-9-19(16)27-14-17/h3-11H,12-14H2,1-2H3,(H,22,26)(H,23,25). The second-order valence-corrected chi connectivity index (χ2v) is 6.67. The Morgan fingerprint density at radius 3 is 2.74 bits per heavy atom. The summed E-state index contributed by atoms with van der Waals surface area (Å²) in [6.45, 7) is 0.940. The Hall–Kier alpha value is -3.12. The van der Waals surface area contributed by atoms with E-state index in [0.29, 0.717) is 24.4 Å². The molecule has 6 nitrogen and oxygen atoms in total. The van der Waals surface area contributed by atoms with Crippen molar-refractivity contribution in [3.63, 3.8) is 0 Å². The van der Waals surface area contributed by atoms with Gasteiger partial charge in [0.1, 0.15) is 12.4 Å². The van der Waals surface area contributed by atoms with Gasteiger partial charge in [0.05, 0.1) is 12.1 Å². The number of nitrogens with zero attached hydrogens (tertiary/aromatic N) is 1. The summed E-state index contributed by atoms with van der Waals surface area (Å²) >= 11 is 0. The van der Waals surface area contributed by atoms with Gasteiger partial charge in [-0.3, -0.25) is 9.59 Å². The third kappa shape index (κ3) is 5.18. The van der Waals surface area contributed by atoms with Crippen molar-refractivity contribution in [2.45, 2.75) is 6.54 Å². The average Bonchev–Trinajstić information content (AvgIpc) is 2.65. The third-order valence-electron chi connectivity index (χ3n) is 4.05. The van der Waals surface area contributed by atoms with E-state index in [1.54, 1.807) is 4.90 Å². The van der Waals surface area contributed by atoms with E-state index < -0.39 is 0 Å². The lowest BCUT2D eigenvalue weighted by Crippen LogP contribution is -2.28. The molecule has 27 heavy (non-hydrogen) atoms. The number of carbonyl (C=O) groups excluding carboxylic acids is 2. The predicted molar refractivity (Wildman–Crippen MR) is 105 cm³/mol. The lowest BCUT2D eigenvalue weighted by Gasteiger charge is -2.17. The molecule has 0 bridgehead atoms. The first-order valence-corrected chi connectivity index (χ1v) is 8.75. The maximum atomic E-state index is 12.4. The highest BCUT2D eigenvalue weighted by atomic mass is 16.5. The van der Waals surface area contributed by atoms with Crippen LogP contribution in [0.2, 0.25) is 0 Å². The molecule has 1 aliphatic rings. The lowest BCUT2D eigenvalue weighted by molar-refractivity contribution is -0.118. The van der Waals surface area contributed by atoms with Gasteiger partial charge in [0, 0.05) is 17.8 Å². The van der Waals surface area contributed by atoms with Crippen molar-refractivity contribution in [3.05, 3.63) is 65.2 Å². The van der Waals surface area contributed by atoms with Crippen LogP contribution >= 0.6 is 0 Å². The highest BCUT2D eigenvalue weighted by Crippen LogP contribution is 2.25. The molecule has 1 heterocycles. The van der Waals surface area contributed by atoms with Crippen LogP contribution < -0.4 is 15.4 Å². The maximum Gasteiger partial charge on any atom is 0.250 e. The van der Waals surface area contributed by atoms with Crippen molar-refractivity contribution in [1.29, 1.82) is 0 Å². The summed E-state index contributed by atoms with van der Waals surface area (Å²) < 4.78 is 5.62. The molecule has 0 spiro atoms. The number of hydrogen-bond acceptors (Lipinski definition) is 4. The van der Waals surface area contributed by atoms with Gasteiger partial charge in [-0.15, -0.1) is 0 Å². The summed E-state index contributed by atoms with van der Waals surface area (Å²) in [6, 6.07) is 15.1. The van der Waals surface area contributed by atoms with E-state index in [9.17, 15) is 9.59 Å². The largest absolute Gasteiger partial charge is 0.488 e. The number of ether oxygens (including phenoxy) is 1. The molecule has 0 aromatic heterocycles. The Morgan fingerprint density at radius 2 is 1.93 bits per heavy atom. The molecule has 3 rings (SSSR count).